The molecule has 0 aliphatic heterocycles. The molecule has 0 bridgehead atoms. The Morgan fingerprint density at radius 1 is 0.757 bits per heavy atom. The molecule has 0 spiro atoms. The monoisotopic (exact) mass is 488 g/mol. The van der Waals surface area contributed by atoms with E-state index in [1.807, 2.05) is 54.6 Å². The fourth-order valence-corrected chi connectivity index (χ4v) is 4.00. The van der Waals surface area contributed by atoms with Crippen molar-refractivity contribution in [1.82, 2.24) is 10.3 Å². The lowest BCUT2D eigenvalue weighted by atomic mass is 10.0. The Morgan fingerprint density at radius 3 is 2.14 bits per heavy atom. The summed E-state index contributed by atoms with van der Waals surface area (Å²) in [5.74, 6) is -0.755. The van der Waals surface area contributed by atoms with Gasteiger partial charge in [0.2, 0.25) is 0 Å². The zero-order valence-corrected chi connectivity index (χ0v) is 19.9. The number of carbonyl (C=O) groups excluding carboxylic acids is 1. The molecule has 2 N–H and O–H groups in total. The van der Waals surface area contributed by atoms with Gasteiger partial charge in [-0.15, -0.1) is 0 Å². The minimum atomic E-state index is -0.990. The molecule has 1 amide bonds. The number of rotatable bonds is 8. The molecule has 0 fully saturated rings. The van der Waals surface area contributed by atoms with E-state index < -0.39 is 5.97 Å². The van der Waals surface area contributed by atoms with Crippen LogP contribution in [0.3, 0.4) is 0 Å². The van der Waals surface area contributed by atoms with Crippen molar-refractivity contribution in [3.8, 4) is 16.9 Å². The van der Waals surface area contributed by atoms with Crippen molar-refractivity contribution < 1.29 is 19.4 Å². The van der Waals surface area contributed by atoms with E-state index in [0.29, 0.717) is 17.9 Å². The molecule has 5 aromatic rings. The van der Waals surface area contributed by atoms with Crippen LogP contribution in [0, 0.1) is 0 Å². The van der Waals surface area contributed by atoms with E-state index in [4.69, 9.17) is 9.84 Å². The van der Waals surface area contributed by atoms with E-state index in [1.165, 1.54) is 12.1 Å². The highest BCUT2D eigenvalue weighted by atomic mass is 16.5. The van der Waals surface area contributed by atoms with Gasteiger partial charge in [-0.2, -0.15) is 0 Å². The average Bonchev–Trinajstić information content (AvgIpc) is 2.95. The number of carboxylic acid groups (broad SMARTS) is 1. The molecular weight excluding hydrogens is 464 g/mol. The number of ether oxygens (including phenoxy) is 1. The number of hydrogen-bond acceptors (Lipinski definition) is 4. The van der Waals surface area contributed by atoms with Crippen LogP contribution in [0.1, 0.15) is 32.0 Å². The highest BCUT2D eigenvalue weighted by Crippen LogP contribution is 2.27. The first kappa shape index (κ1) is 23.8. The van der Waals surface area contributed by atoms with E-state index in [-0.39, 0.29) is 23.7 Å². The lowest BCUT2D eigenvalue weighted by molar-refractivity contribution is 0.0696. The van der Waals surface area contributed by atoms with Crippen molar-refractivity contribution >= 4 is 22.8 Å². The Morgan fingerprint density at radius 2 is 1.41 bits per heavy atom. The number of nitrogens with zero attached hydrogens (tertiary/aromatic N) is 1. The maximum Gasteiger partial charge on any atom is 0.335 e. The molecule has 0 aliphatic carbocycles. The standard InChI is InChI=1S/C31H24N2O4/c34-30(32-19-21-10-16-25(17-11-21)31(35)36)28-18-29(26-8-4-5-9-27(26)33-28)37-20-22-12-14-24(15-13-22)23-6-2-1-3-7-23/h1-18H,19-20H2,(H,32,34)(H,35,36). The maximum absolute atomic E-state index is 12.9. The predicted molar refractivity (Wildman–Crippen MR) is 143 cm³/mol. The van der Waals surface area contributed by atoms with Gasteiger partial charge in [-0.1, -0.05) is 78.9 Å². The molecule has 0 atom stereocenters. The first-order valence-corrected chi connectivity index (χ1v) is 11.8. The molecule has 1 heterocycles. The fraction of sp³-hybridized carbons (Fsp3) is 0.0645. The van der Waals surface area contributed by atoms with Gasteiger partial charge in [-0.05, 0) is 46.5 Å². The predicted octanol–water partition coefficient (Wildman–Crippen LogP) is 6.11. The van der Waals surface area contributed by atoms with Crippen LogP contribution >= 0.6 is 0 Å². The molecule has 182 valence electrons. The first-order valence-electron chi connectivity index (χ1n) is 11.8. The number of pyridine rings is 1. The van der Waals surface area contributed by atoms with Crippen LogP contribution in [0.4, 0.5) is 0 Å². The smallest absolute Gasteiger partial charge is 0.335 e. The number of para-hydroxylation sites is 1. The molecule has 0 aliphatic rings. The van der Waals surface area contributed by atoms with Crippen LogP contribution in [0.2, 0.25) is 0 Å². The SMILES string of the molecule is O=C(O)c1ccc(CNC(=O)c2cc(OCc3ccc(-c4ccccc4)cc3)c3ccccc3n2)cc1. The molecule has 0 unspecified atom stereocenters. The summed E-state index contributed by atoms with van der Waals surface area (Å²) in [6.07, 6.45) is 0. The van der Waals surface area contributed by atoms with Crippen molar-refractivity contribution in [2.45, 2.75) is 13.2 Å². The average molecular weight is 489 g/mol. The number of aromatic carboxylic acids is 1. The Labute approximate surface area is 214 Å². The first-order chi connectivity index (χ1) is 18.1. The van der Waals surface area contributed by atoms with E-state index in [9.17, 15) is 9.59 Å². The summed E-state index contributed by atoms with van der Waals surface area (Å²) in [6, 6.07) is 34.0. The summed E-state index contributed by atoms with van der Waals surface area (Å²) < 4.78 is 6.16. The normalized spacial score (nSPS) is 10.7. The number of carboxylic acids is 1. The molecule has 6 nitrogen and oxygen atoms in total. The van der Waals surface area contributed by atoms with Gasteiger partial charge in [0.05, 0.1) is 11.1 Å². The van der Waals surface area contributed by atoms with Crippen LogP contribution in [0.25, 0.3) is 22.0 Å². The quantitative estimate of drug-likeness (QED) is 0.275. The molecular formula is C31H24N2O4. The molecule has 5 rings (SSSR count). The summed E-state index contributed by atoms with van der Waals surface area (Å²) in [6.45, 7) is 0.594. The lowest BCUT2D eigenvalue weighted by Gasteiger charge is -2.12. The van der Waals surface area contributed by atoms with Gasteiger partial charge in [0.15, 0.2) is 0 Å². The van der Waals surface area contributed by atoms with Crippen LogP contribution in [-0.4, -0.2) is 22.0 Å². The van der Waals surface area contributed by atoms with Gasteiger partial charge in [0.25, 0.3) is 5.91 Å². The van der Waals surface area contributed by atoms with E-state index in [2.05, 4.69) is 34.6 Å². The summed E-state index contributed by atoms with van der Waals surface area (Å²) in [5.41, 5.74) is 5.19. The van der Waals surface area contributed by atoms with Gasteiger partial charge in [-0.3, -0.25) is 4.79 Å². The summed E-state index contributed by atoms with van der Waals surface area (Å²) in [7, 11) is 0. The van der Waals surface area contributed by atoms with Crippen molar-refractivity contribution in [1.29, 1.82) is 0 Å². The van der Waals surface area contributed by atoms with Gasteiger partial charge >= 0.3 is 5.97 Å². The molecule has 4 aromatic carbocycles. The topological polar surface area (TPSA) is 88.5 Å². The number of hydrogen-bond donors (Lipinski definition) is 2. The van der Waals surface area contributed by atoms with Gasteiger partial charge in [0.1, 0.15) is 18.1 Å². The number of fused-ring (bicyclic) bond motifs is 1. The molecule has 37 heavy (non-hydrogen) atoms. The zero-order chi connectivity index (χ0) is 25.6. The zero-order valence-electron chi connectivity index (χ0n) is 19.9. The van der Waals surface area contributed by atoms with Gasteiger partial charge in [0, 0.05) is 18.0 Å². The van der Waals surface area contributed by atoms with Crippen LogP contribution in [0.5, 0.6) is 5.75 Å². The van der Waals surface area contributed by atoms with E-state index in [0.717, 1.165) is 27.6 Å². The third-order valence-electron chi connectivity index (χ3n) is 6.02. The highest BCUT2D eigenvalue weighted by Gasteiger charge is 2.13. The maximum atomic E-state index is 12.9. The third-order valence-corrected chi connectivity index (χ3v) is 6.02. The van der Waals surface area contributed by atoms with E-state index >= 15 is 0 Å². The molecule has 0 saturated heterocycles. The lowest BCUT2D eigenvalue weighted by Crippen LogP contribution is -2.24. The summed E-state index contributed by atoms with van der Waals surface area (Å²) >= 11 is 0. The fourth-order valence-electron chi connectivity index (χ4n) is 4.00. The Bertz CT molecular complexity index is 1550. The van der Waals surface area contributed by atoms with Gasteiger partial charge < -0.3 is 15.2 Å². The van der Waals surface area contributed by atoms with Crippen molar-refractivity contribution in [3.63, 3.8) is 0 Å². The van der Waals surface area contributed by atoms with Gasteiger partial charge in [-0.25, -0.2) is 9.78 Å². The number of aromatic nitrogens is 1. The molecule has 0 saturated carbocycles. The summed E-state index contributed by atoms with van der Waals surface area (Å²) in [4.78, 5) is 28.5. The second kappa shape index (κ2) is 10.7. The van der Waals surface area contributed by atoms with Crippen molar-refractivity contribution in [3.05, 3.63) is 132 Å². The van der Waals surface area contributed by atoms with Crippen molar-refractivity contribution in [2.75, 3.05) is 0 Å². The van der Waals surface area contributed by atoms with Crippen LogP contribution in [-0.2, 0) is 13.2 Å². The van der Waals surface area contributed by atoms with Crippen LogP contribution < -0.4 is 10.1 Å². The highest BCUT2D eigenvalue weighted by molar-refractivity contribution is 5.97. The Hall–Kier alpha value is -4.97. The van der Waals surface area contributed by atoms with Crippen molar-refractivity contribution in [2.24, 2.45) is 0 Å². The van der Waals surface area contributed by atoms with Crippen LogP contribution in [0.15, 0.2) is 109 Å². The summed E-state index contributed by atoms with van der Waals surface area (Å²) in [5, 5.41) is 12.7. The largest absolute Gasteiger partial charge is 0.488 e. The molecule has 1 aromatic heterocycles. The second-order valence-electron chi connectivity index (χ2n) is 8.56. The number of nitrogens with one attached hydrogen (secondary N) is 1. The minimum absolute atomic E-state index is 0.197. The molecule has 0 radical (unpaired) electrons. The molecule has 6 heteroatoms. The number of amides is 1. The number of benzene rings is 4. The minimum Gasteiger partial charge on any atom is -0.488 e. The van der Waals surface area contributed by atoms with E-state index in [1.54, 1.807) is 18.2 Å². The second-order valence-corrected chi connectivity index (χ2v) is 8.56. The third kappa shape index (κ3) is 5.65. The Kier molecular flexibility index (Phi) is 6.90. The number of carbonyl (C=O) groups is 2. The Balaban J connectivity index is 1.31.